The summed E-state index contributed by atoms with van der Waals surface area (Å²) >= 11 is 0. The summed E-state index contributed by atoms with van der Waals surface area (Å²) < 4.78 is 16.0. The van der Waals surface area contributed by atoms with E-state index in [4.69, 9.17) is 14.2 Å². The molecule has 0 aliphatic carbocycles. The van der Waals surface area contributed by atoms with E-state index in [0.717, 1.165) is 13.1 Å². The second-order valence-electron chi connectivity index (χ2n) is 6.15. The van der Waals surface area contributed by atoms with E-state index in [1.54, 1.807) is 33.5 Å². The van der Waals surface area contributed by atoms with Gasteiger partial charge in [0, 0.05) is 44.0 Å². The number of rotatable bonds is 5. The first kappa shape index (κ1) is 18.7. The standard InChI is InChI=1S/C20H25N3O4/c1-25-17-13-15(14-18(26-2)19(17)27-3)21-20(24)23-11-9-22(10-12-23)16-7-5-4-6-8-16/h4-8,13-14H,9-12H2,1-3H3,(H,21,24). The number of para-hydroxylation sites is 1. The minimum atomic E-state index is -0.142. The smallest absolute Gasteiger partial charge is 0.321 e. The van der Waals surface area contributed by atoms with Crippen LogP contribution in [0.25, 0.3) is 0 Å². The molecule has 3 rings (SSSR count). The Morgan fingerprint density at radius 3 is 2.00 bits per heavy atom. The van der Waals surface area contributed by atoms with E-state index in [-0.39, 0.29) is 6.03 Å². The number of carbonyl (C=O) groups excluding carboxylic acids is 1. The van der Waals surface area contributed by atoms with Crippen molar-refractivity contribution in [3.8, 4) is 17.2 Å². The number of carbonyl (C=O) groups is 1. The van der Waals surface area contributed by atoms with Crippen molar-refractivity contribution in [3.63, 3.8) is 0 Å². The van der Waals surface area contributed by atoms with Gasteiger partial charge in [-0.2, -0.15) is 0 Å². The van der Waals surface area contributed by atoms with Crippen LogP contribution in [0.1, 0.15) is 0 Å². The van der Waals surface area contributed by atoms with Gasteiger partial charge in [-0.15, -0.1) is 0 Å². The van der Waals surface area contributed by atoms with Gasteiger partial charge in [-0.3, -0.25) is 0 Å². The van der Waals surface area contributed by atoms with Crippen LogP contribution in [0.3, 0.4) is 0 Å². The summed E-state index contributed by atoms with van der Waals surface area (Å²) in [5.74, 6) is 1.50. The average Bonchev–Trinajstić information content (AvgIpc) is 2.73. The number of anilines is 2. The van der Waals surface area contributed by atoms with Gasteiger partial charge in [-0.1, -0.05) is 18.2 Å². The fourth-order valence-corrected chi connectivity index (χ4v) is 3.16. The molecule has 2 aromatic carbocycles. The van der Waals surface area contributed by atoms with Crippen molar-refractivity contribution in [3.05, 3.63) is 42.5 Å². The summed E-state index contributed by atoms with van der Waals surface area (Å²) in [6, 6.07) is 13.5. The molecule has 144 valence electrons. The Labute approximate surface area is 159 Å². The molecule has 7 nitrogen and oxygen atoms in total. The highest BCUT2D eigenvalue weighted by Gasteiger charge is 2.22. The molecular weight excluding hydrogens is 346 g/mol. The van der Waals surface area contributed by atoms with E-state index in [1.807, 2.05) is 23.1 Å². The fourth-order valence-electron chi connectivity index (χ4n) is 3.16. The molecule has 7 heteroatoms. The first-order valence-corrected chi connectivity index (χ1v) is 8.82. The van der Waals surface area contributed by atoms with E-state index < -0.39 is 0 Å². The molecule has 0 bridgehead atoms. The number of amides is 2. The first-order chi connectivity index (χ1) is 13.2. The number of methoxy groups -OCH3 is 3. The Hall–Kier alpha value is -3.09. The van der Waals surface area contributed by atoms with Crippen molar-refractivity contribution in [2.45, 2.75) is 0 Å². The lowest BCUT2D eigenvalue weighted by atomic mass is 10.2. The molecule has 0 spiro atoms. The zero-order valence-electron chi connectivity index (χ0n) is 15.9. The second kappa shape index (κ2) is 8.53. The summed E-state index contributed by atoms with van der Waals surface area (Å²) in [7, 11) is 4.64. The predicted molar refractivity (Wildman–Crippen MR) is 105 cm³/mol. The number of hydrogen-bond donors (Lipinski definition) is 1. The van der Waals surface area contributed by atoms with Crippen LogP contribution in [0, 0.1) is 0 Å². The Morgan fingerprint density at radius 1 is 0.889 bits per heavy atom. The van der Waals surface area contributed by atoms with Gasteiger partial charge in [0.2, 0.25) is 5.75 Å². The maximum Gasteiger partial charge on any atom is 0.321 e. The zero-order valence-corrected chi connectivity index (χ0v) is 15.9. The Bertz CT molecular complexity index is 749. The van der Waals surface area contributed by atoms with E-state index in [1.165, 1.54) is 5.69 Å². The number of benzene rings is 2. The van der Waals surface area contributed by atoms with E-state index >= 15 is 0 Å². The normalized spacial score (nSPS) is 13.9. The molecule has 1 saturated heterocycles. The van der Waals surface area contributed by atoms with Gasteiger partial charge in [-0.05, 0) is 12.1 Å². The number of nitrogens with zero attached hydrogens (tertiary/aromatic N) is 2. The van der Waals surface area contributed by atoms with E-state index in [9.17, 15) is 4.79 Å². The summed E-state index contributed by atoms with van der Waals surface area (Å²) in [4.78, 5) is 16.7. The number of ether oxygens (including phenoxy) is 3. The van der Waals surface area contributed by atoms with Crippen molar-refractivity contribution < 1.29 is 19.0 Å². The SMILES string of the molecule is COc1cc(NC(=O)N2CCN(c3ccccc3)CC2)cc(OC)c1OC. The molecular formula is C20H25N3O4. The second-order valence-corrected chi connectivity index (χ2v) is 6.15. The summed E-state index contributed by atoms with van der Waals surface area (Å²) in [6.07, 6.45) is 0. The fraction of sp³-hybridized carbons (Fsp3) is 0.350. The van der Waals surface area contributed by atoms with Gasteiger partial charge >= 0.3 is 6.03 Å². The third-order valence-corrected chi connectivity index (χ3v) is 4.60. The van der Waals surface area contributed by atoms with Gasteiger partial charge in [-0.25, -0.2) is 4.79 Å². The van der Waals surface area contributed by atoms with Crippen molar-refractivity contribution in [1.29, 1.82) is 0 Å². The molecule has 1 N–H and O–H groups in total. The number of piperazine rings is 1. The molecule has 2 amide bonds. The van der Waals surface area contributed by atoms with Crippen molar-refractivity contribution >= 4 is 17.4 Å². The third kappa shape index (κ3) is 4.19. The van der Waals surface area contributed by atoms with Crippen LogP contribution in [0.2, 0.25) is 0 Å². The Balaban J connectivity index is 1.64. The Kier molecular flexibility index (Phi) is 5.90. The van der Waals surface area contributed by atoms with E-state index in [2.05, 4.69) is 22.3 Å². The average molecular weight is 371 g/mol. The van der Waals surface area contributed by atoms with E-state index in [0.29, 0.717) is 36.0 Å². The molecule has 27 heavy (non-hydrogen) atoms. The highest BCUT2D eigenvalue weighted by atomic mass is 16.5. The number of hydrogen-bond acceptors (Lipinski definition) is 5. The van der Waals surface area contributed by atoms with Crippen LogP contribution in [-0.2, 0) is 0 Å². The van der Waals surface area contributed by atoms with Crippen molar-refractivity contribution in [1.82, 2.24) is 4.90 Å². The predicted octanol–water partition coefficient (Wildman–Crippen LogP) is 3.07. The topological polar surface area (TPSA) is 63.3 Å². The quantitative estimate of drug-likeness (QED) is 0.875. The maximum atomic E-state index is 12.6. The molecule has 2 aromatic rings. The molecule has 1 fully saturated rings. The molecule has 1 aliphatic heterocycles. The highest BCUT2D eigenvalue weighted by molar-refractivity contribution is 5.90. The van der Waals surface area contributed by atoms with Crippen molar-refractivity contribution in [2.24, 2.45) is 0 Å². The number of urea groups is 1. The first-order valence-electron chi connectivity index (χ1n) is 8.82. The lowest BCUT2D eigenvalue weighted by molar-refractivity contribution is 0.208. The minimum Gasteiger partial charge on any atom is -0.493 e. The van der Waals surface area contributed by atoms with Crippen LogP contribution in [-0.4, -0.2) is 58.4 Å². The van der Waals surface area contributed by atoms with Gasteiger partial charge in [0.25, 0.3) is 0 Å². The van der Waals surface area contributed by atoms with Crippen LogP contribution in [0.5, 0.6) is 17.2 Å². The van der Waals surface area contributed by atoms with Gasteiger partial charge < -0.3 is 29.3 Å². The third-order valence-electron chi connectivity index (χ3n) is 4.60. The molecule has 0 saturated carbocycles. The molecule has 0 radical (unpaired) electrons. The minimum absolute atomic E-state index is 0.142. The summed E-state index contributed by atoms with van der Waals surface area (Å²) in [5, 5.41) is 2.92. The van der Waals surface area contributed by atoms with Gasteiger partial charge in [0.15, 0.2) is 11.5 Å². The van der Waals surface area contributed by atoms with Crippen LogP contribution >= 0.6 is 0 Å². The van der Waals surface area contributed by atoms with Gasteiger partial charge in [0.05, 0.1) is 27.0 Å². The molecule has 1 aliphatic rings. The Morgan fingerprint density at radius 2 is 1.48 bits per heavy atom. The van der Waals surface area contributed by atoms with Gasteiger partial charge in [0.1, 0.15) is 0 Å². The lowest BCUT2D eigenvalue weighted by Gasteiger charge is -2.36. The molecule has 1 heterocycles. The number of nitrogens with one attached hydrogen (secondary N) is 1. The van der Waals surface area contributed by atoms with Crippen LogP contribution in [0.4, 0.5) is 16.2 Å². The summed E-state index contributed by atoms with van der Waals surface area (Å²) in [5.41, 5.74) is 1.78. The molecule has 0 aromatic heterocycles. The molecule has 0 atom stereocenters. The molecule has 0 unspecified atom stereocenters. The lowest BCUT2D eigenvalue weighted by Crippen LogP contribution is -2.50. The summed E-state index contributed by atoms with van der Waals surface area (Å²) in [6.45, 7) is 2.91. The monoisotopic (exact) mass is 371 g/mol. The van der Waals surface area contributed by atoms with Crippen LogP contribution < -0.4 is 24.4 Å². The zero-order chi connectivity index (χ0) is 19.2. The van der Waals surface area contributed by atoms with Crippen molar-refractivity contribution in [2.75, 3.05) is 57.7 Å². The van der Waals surface area contributed by atoms with Crippen LogP contribution in [0.15, 0.2) is 42.5 Å². The maximum absolute atomic E-state index is 12.6. The highest BCUT2D eigenvalue weighted by Crippen LogP contribution is 2.40. The largest absolute Gasteiger partial charge is 0.493 e.